The van der Waals surface area contributed by atoms with E-state index in [1.165, 1.54) is 0 Å². The topological polar surface area (TPSA) is 113 Å². The molecule has 0 bridgehead atoms. The van der Waals surface area contributed by atoms with E-state index in [1.807, 2.05) is 30.3 Å². The molecular weight excluding hydrogens is 358 g/mol. The highest BCUT2D eigenvalue weighted by Gasteiger charge is 2.37. The Morgan fingerprint density at radius 2 is 2.07 bits per heavy atom. The molecule has 1 atom stereocenters. The van der Waals surface area contributed by atoms with E-state index in [4.69, 9.17) is 10.2 Å². The minimum Gasteiger partial charge on any atom is -0.464 e. The van der Waals surface area contributed by atoms with Gasteiger partial charge in [-0.25, -0.2) is 4.98 Å². The molecule has 1 aliphatic heterocycles. The Balaban J connectivity index is 1.32. The summed E-state index contributed by atoms with van der Waals surface area (Å²) in [5, 5.41) is 6.67. The van der Waals surface area contributed by atoms with Gasteiger partial charge < -0.3 is 25.7 Å². The number of anilines is 2. The number of fused-ring (bicyclic) bond motifs is 1. The predicted molar refractivity (Wildman–Crippen MR) is 105 cm³/mol. The van der Waals surface area contributed by atoms with Crippen LogP contribution in [0.5, 0.6) is 0 Å². The average molecular weight is 379 g/mol. The first-order valence-corrected chi connectivity index (χ1v) is 9.10. The Morgan fingerprint density at radius 3 is 2.82 bits per heavy atom. The number of hydrogen-bond donors (Lipinski definition) is 3. The highest BCUT2D eigenvalue weighted by molar-refractivity contribution is 5.92. The minimum absolute atomic E-state index is 0.0992. The van der Waals surface area contributed by atoms with E-state index in [0.29, 0.717) is 24.4 Å². The van der Waals surface area contributed by atoms with Crippen LogP contribution < -0.4 is 16.4 Å². The van der Waals surface area contributed by atoms with Gasteiger partial charge in [-0.3, -0.25) is 9.59 Å². The Labute approximate surface area is 161 Å². The molecule has 8 heteroatoms. The molecule has 0 saturated carbocycles. The second kappa shape index (κ2) is 7.59. The van der Waals surface area contributed by atoms with Crippen LogP contribution in [0.25, 0.3) is 11.0 Å². The number of likely N-dealkylation sites (tertiary alicyclic amines) is 1. The van der Waals surface area contributed by atoms with Crippen molar-refractivity contribution in [3.8, 4) is 0 Å². The predicted octanol–water partition coefficient (Wildman–Crippen LogP) is 1.74. The zero-order chi connectivity index (χ0) is 19.5. The van der Waals surface area contributed by atoms with Crippen molar-refractivity contribution < 1.29 is 14.0 Å². The first kappa shape index (κ1) is 17.8. The first-order chi connectivity index (χ1) is 13.6. The molecule has 4 rings (SSSR count). The number of para-hydroxylation sites is 1. The van der Waals surface area contributed by atoms with Crippen molar-refractivity contribution in [2.75, 3.05) is 24.1 Å². The molecular formula is C20H21N5O3. The number of benzene rings is 1. The van der Waals surface area contributed by atoms with Gasteiger partial charge in [0.05, 0.1) is 18.2 Å². The van der Waals surface area contributed by atoms with E-state index in [1.54, 1.807) is 23.4 Å². The normalized spacial score (nSPS) is 15.9. The number of carbonyl (C=O) groups excluding carboxylic acids is 2. The van der Waals surface area contributed by atoms with Crippen LogP contribution in [0.2, 0.25) is 0 Å². The number of aromatic nitrogens is 1. The minimum atomic E-state index is -0.445. The van der Waals surface area contributed by atoms with E-state index >= 15 is 0 Å². The van der Waals surface area contributed by atoms with Crippen molar-refractivity contribution in [1.29, 1.82) is 0 Å². The summed E-state index contributed by atoms with van der Waals surface area (Å²) >= 11 is 0. The molecule has 0 spiro atoms. The van der Waals surface area contributed by atoms with E-state index in [0.717, 1.165) is 16.6 Å². The van der Waals surface area contributed by atoms with Crippen LogP contribution in [0.15, 0.2) is 53.3 Å². The van der Waals surface area contributed by atoms with Crippen LogP contribution in [0, 0.1) is 0 Å². The molecule has 8 nitrogen and oxygen atoms in total. The molecule has 0 radical (unpaired) electrons. The van der Waals surface area contributed by atoms with Crippen LogP contribution in [-0.2, 0) is 16.1 Å². The number of furan rings is 1. The van der Waals surface area contributed by atoms with Gasteiger partial charge >= 0.3 is 0 Å². The lowest BCUT2D eigenvalue weighted by Gasteiger charge is -2.39. The third-order valence-electron chi connectivity index (χ3n) is 4.91. The fraction of sp³-hybridized carbons (Fsp3) is 0.250. The van der Waals surface area contributed by atoms with Gasteiger partial charge in [-0.15, -0.1) is 0 Å². The van der Waals surface area contributed by atoms with Crippen LogP contribution >= 0.6 is 0 Å². The molecule has 0 aliphatic carbocycles. The molecule has 1 aromatic carbocycles. The summed E-state index contributed by atoms with van der Waals surface area (Å²) in [4.78, 5) is 30.7. The molecule has 2 amide bonds. The Hall–Kier alpha value is -3.55. The second-order valence-corrected chi connectivity index (χ2v) is 6.66. The molecule has 1 fully saturated rings. The van der Waals surface area contributed by atoms with Crippen molar-refractivity contribution >= 4 is 34.3 Å². The largest absolute Gasteiger partial charge is 0.464 e. The third kappa shape index (κ3) is 3.48. The van der Waals surface area contributed by atoms with Gasteiger partial charge in [0.2, 0.25) is 11.8 Å². The lowest BCUT2D eigenvalue weighted by molar-refractivity contribution is -0.146. The summed E-state index contributed by atoms with van der Waals surface area (Å²) in [5.41, 5.74) is 8.04. The summed E-state index contributed by atoms with van der Waals surface area (Å²) < 4.78 is 5.45. The van der Waals surface area contributed by atoms with Crippen LogP contribution in [0.4, 0.5) is 11.5 Å². The number of nitrogen functional groups attached to an aromatic ring is 1. The number of nitrogens with two attached hydrogens (primary N) is 1. The van der Waals surface area contributed by atoms with Crippen molar-refractivity contribution in [2.45, 2.75) is 19.0 Å². The van der Waals surface area contributed by atoms with E-state index in [9.17, 15) is 9.59 Å². The van der Waals surface area contributed by atoms with Gasteiger partial charge in [0, 0.05) is 30.5 Å². The third-order valence-corrected chi connectivity index (χ3v) is 4.91. The molecule has 1 saturated heterocycles. The molecule has 0 unspecified atom stereocenters. The SMILES string of the molecule is Nc1ncc(CNC(=O)[C@@H]2CCN2C(=O)CNc2ccccc2)c2occc12. The lowest BCUT2D eigenvalue weighted by Crippen LogP contribution is -2.59. The van der Waals surface area contributed by atoms with Gasteiger partial charge in [-0.05, 0) is 24.6 Å². The number of pyridine rings is 1. The number of nitrogens with one attached hydrogen (secondary N) is 2. The van der Waals surface area contributed by atoms with E-state index in [2.05, 4.69) is 15.6 Å². The van der Waals surface area contributed by atoms with Gasteiger partial charge in [0.1, 0.15) is 17.4 Å². The molecule has 144 valence electrons. The van der Waals surface area contributed by atoms with Gasteiger partial charge in [-0.2, -0.15) is 0 Å². The molecule has 2 aromatic heterocycles. The van der Waals surface area contributed by atoms with Gasteiger partial charge in [0.15, 0.2) is 0 Å². The number of hydrogen-bond acceptors (Lipinski definition) is 6. The number of amides is 2. The zero-order valence-electron chi connectivity index (χ0n) is 15.2. The van der Waals surface area contributed by atoms with Crippen molar-refractivity contribution in [3.63, 3.8) is 0 Å². The summed E-state index contributed by atoms with van der Waals surface area (Å²) in [6, 6.07) is 10.8. The smallest absolute Gasteiger partial charge is 0.243 e. The van der Waals surface area contributed by atoms with Gasteiger partial charge in [0.25, 0.3) is 0 Å². The van der Waals surface area contributed by atoms with Crippen LogP contribution in [-0.4, -0.2) is 40.8 Å². The fourth-order valence-electron chi connectivity index (χ4n) is 3.26. The number of nitrogens with zero attached hydrogens (tertiary/aromatic N) is 2. The summed E-state index contributed by atoms with van der Waals surface area (Å²) in [6.07, 6.45) is 3.79. The van der Waals surface area contributed by atoms with Crippen LogP contribution in [0.1, 0.15) is 12.0 Å². The maximum absolute atomic E-state index is 12.5. The average Bonchev–Trinajstić information content (AvgIpc) is 3.17. The number of carbonyl (C=O) groups is 2. The molecule has 3 aromatic rings. The van der Waals surface area contributed by atoms with E-state index < -0.39 is 6.04 Å². The quantitative estimate of drug-likeness (QED) is 0.601. The summed E-state index contributed by atoms with van der Waals surface area (Å²) in [7, 11) is 0. The maximum atomic E-state index is 12.5. The molecule has 1 aliphatic rings. The maximum Gasteiger partial charge on any atom is 0.243 e. The standard InChI is InChI=1S/C20H21N5O3/c21-19-15-7-9-28-18(15)13(10-23-19)11-24-20(27)16-6-8-25(16)17(26)12-22-14-4-2-1-3-5-14/h1-5,7,9-10,16,22H,6,8,11-12H2,(H2,21,23)(H,24,27)/t16-/m0/s1. The molecule has 28 heavy (non-hydrogen) atoms. The highest BCUT2D eigenvalue weighted by Crippen LogP contribution is 2.24. The Kier molecular flexibility index (Phi) is 4.84. The van der Waals surface area contributed by atoms with Gasteiger partial charge in [-0.1, -0.05) is 18.2 Å². The van der Waals surface area contributed by atoms with Crippen molar-refractivity contribution in [2.24, 2.45) is 0 Å². The Morgan fingerprint density at radius 1 is 1.25 bits per heavy atom. The summed E-state index contributed by atoms with van der Waals surface area (Å²) in [5.74, 6) is 0.106. The second-order valence-electron chi connectivity index (χ2n) is 6.66. The van der Waals surface area contributed by atoms with E-state index in [-0.39, 0.29) is 24.9 Å². The van der Waals surface area contributed by atoms with Crippen molar-refractivity contribution in [1.82, 2.24) is 15.2 Å². The highest BCUT2D eigenvalue weighted by atomic mass is 16.3. The molecule has 3 heterocycles. The Bertz CT molecular complexity index is 1000. The lowest BCUT2D eigenvalue weighted by atomic mass is 10.0. The summed E-state index contributed by atoms with van der Waals surface area (Å²) in [6.45, 7) is 0.999. The van der Waals surface area contributed by atoms with Crippen molar-refractivity contribution in [3.05, 3.63) is 54.4 Å². The molecule has 4 N–H and O–H groups in total. The zero-order valence-corrected chi connectivity index (χ0v) is 15.2. The van der Waals surface area contributed by atoms with Crippen LogP contribution in [0.3, 0.4) is 0 Å². The first-order valence-electron chi connectivity index (χ1n) is 9.10. The number of rotatable bonds is 6. The fourth-order valence-corrected chi connectivity index (χ4v) is 3.26. The monoisotopic (exact) mass is 379 g/mol.